The molecule has 0 atom stereocenters. The van der Waals surface area contributed by atoms with Crippen molar-refractivity contribution < 1.29 is 9.53 Å². The highest BCUT2D eigenvalue weighted by Crippen LogP contribution is 2.33. The second-order valence-electron chi connectivity index (χ2n) is 5.90. The summed E-state index contributed by atoms with van der Waals surface area (Å²) < 4.78 is 4.74. The Bertz CT molecular complexity index is 710. The third kappa shape index (κ3) is 2.98. The van der Waals surface area contributed by atoms with E-state index < -0.39 is 0 Å². The van der Waals surface area contributed by atoms with E-state index >= 15 is 0 Å². The highest BCUT2D eigenvalue weighted by Gasteiger charge is 2.22. The third-order valence-electron chi connectivity index (χ3n) is 3.91. The Morgan fingerprint density at radius 2 is 2.18 bits per heavy atom. The largest absolute Gasteiger partial charge is 0.468 e. The number of aryl methyl sites for hydroxylation is 1. The molecule has 1 heterocycles. The quantitative estimate of drug-likeness (QED) is 0.860. The van der Waals surface area contributed by atoms with Crippen LogP contribution in [-0.2, 0) is 9.53 Å². The SMILES string of the molecule is COC(=O)CN(C)c1ncc(NC2CC2)c2ccc(C)cc12. The monoisotopic (exact) mass is 299 g/mol. The molecule has 5 heteroatoms. The maximum absolute atomic E-state index is 11.5. The third-order valence-corrected chi connectivity index (χ3v) is 3.91. The van der Waals surface area contributed by atoms with Crippen molar-refractivity contribution in [2.24, 2.45) is 0 Å². The Hall–Kier alpha value is -2.30. The fourth-order valence-electron chi connectivity index (χ4n) is 2.54. The predicted octanol–water partition coefficient (Wildman–Crippen LogP) is 2.73. The molecule has 0 unspecified atom stereocenters. The zero-order valence-electron chi connectivity index (χ0n) is 13.2. The Balaban J connectivity index is 2.02. The molecule has 3 rings (SSSR count). The van der Waals surface area contributed by atoms with Gasteiger partial charge < -0.3 is 15.0 Å². The number of carbonyl (C=O) groups is 1. The summed E-state index contributed by atoms with van der Waals surface area (Å²) in [7, 11) is 3.25. The second kappa shape index (κ2) is 5.83. The van der Waals surface area contributed by atoms with Crippen molar-refractivity contribution in [3.63, 3.8) is 0 Å². The van der Waals surface area contributed by atoms with Crippen LogP contribution in [-0.4, -0.2) is 37.7 Å². The van der Waals surface area contributed by atoms with Crippen LogP contribution in [0.2, 0.25) is 0 Å². The topological polar surface area (TPSA) is 54.5 Å². The molecule has 0 spiro atoms. The fourth-order valence-corrected chi connectivity index (χ4v) is 2.54. The van der Waals surface area contributed by atoms with Gasteiger partial charge in [-0.25, -0.2) is 4.98 Å². The fraction of sp³-hybridized carbons (Fsp3) is 0.412. The molecule has 116 valence electrons. The summed E-state index contributed by atoms with van der Waals surface area (Å²) in [4.78, 5) is 17.9. The number of pyridine rings is 1. The molecular weight excluding hydrogens is 278 g/mol. The summed E-state index contributed by atoms with van der Waals surface area (Å²) in [6, 6.07) is 6.91. The summed E-state index contributed by atoms with van der Waals surface area (Å²) >= 11 is 0. The van der Waals surface area contributed by atoms with Crippen molar-refractivity contribution in [1.29, 1.82) is 0 Å². The molecule has 0 bridgehead atoms. The van der Waals surface area contributed by atoms with Gasteiger partial charge in [-0.1, -0.05) is 17.7 Å². The van der Waals surface area contributed by atoms with Crippen LogP contribution in [0.25, 0.3) is 10.8 Å². The molecule has 0 radical (unpaired) electrons. The van der Waals surface area contributed by atoms with E-state index in [2.05, 4.69) is 35.4 Å². The van der Waals surface area contributed by atoms with E-state index in [1.54, 1.807) is 0 Å². The van der Waals surface area contributed by atoms with E-state index in [0.717, 1.165) is 22.3 Å². The van der Waals surface area contributed by atoms with Gasteiger partial charge in [0.05, 0.1) is 19.0 Å². The van der Waals surface area contributed by atoms with E-state index in [1.165, 1.54) is 25.5 Å². The van der Waals surface area contributed by atoms with Gasteiger partial charge in [0.25, 0.3) is 0 Å². The van der Waals surface area contributed by atoms with Gasteiger partial charge in [0.2, 0.25) is 0 Å². The number of rotatable bonds is 5. The van der Waals surface area contributed by atoms with Gasteiger partial charge in [0, 0.05) is 23.9 Å². The van der Waals surface area contributed by atoms with E-state index in [-0.39, 0.29) is 12.5 Å². The molecule has 0 saturated heterocycles. The molecular formula is C17H21N3O2. The molecule has 1 aliphatic carbocycles. The minimum absolute atomic E-state index is 0.182. The van der Waals surface area contributed by atoms with E-state index in [0.29, 0.717) is 6.04 Å². The molecule has 2 aromatic rings. The first-order chi connectivity index (χ1) is 10.6. The molecule has 5 nitrogen and oxygen atoms in total. The van der Waals surface area contributed by atoms with Crippen LogP contribution in [0.1, 0.15) is 18.4 Å². The van der Waals surface area contributed by atoms with E-state index in [9.17, 15) is 4.79 Å². The van der Waals surface area contributed by atoms with E-state index in [1.807, 2.05) is 18.1 Å². The Morgan fingerprint density at radius 3 is 2.86 bits per heavy atom. The van der Waals surface area contributed by atoms with Crippen molar-refractivity contribution in [2.75, 3.05) is 30.9 Å². The molecule has 22 heavy (non-hydrogen) atoms. The van der Waals surface area contributed by atoms with Gasteiger partial charge in [-0.2, -0.15) is 0 Å². The van der Waals surface area contributed by atoms with Crippen LogP contribution >= 0.6 is 0 Å². The number of esters is 1. The highest BCUT2D eigenvalue weighted by molar-refractivity contribution is 6.01. The highest BCUT2D eigenvalue weighted by atomic mass is 16.5. The van der Waals surface area contributed by atoms with Crippen molar-refractivity contribution in [3.05, 3.63) is 30.0 Å². The lowest BCUT2D eigenvalue weighted by Gasteiger charge is -2.20. The summed E-state index contributed by atoms with van der Waals surface area (Å²) in [6.07, 6.45) is 4.30. The minimum Gasteiger partial charge on any atom is -0.468 e. The smallest absolute Gasteiger partial charge is 0.325 e. The molecule has 0 amide bonds. The Morgan fingerprint density at radius 1 is 1.41 bits per heavy atom. The average molecular weight is 299 g/mol. The van der Waals surface area contributed by atoms with Crippen LogP contribution in [0, 0.1) is 6.92 Å². The maximum Gasteiger partial charge on any atom is 0.325 e. The normalized spacial score (nSPS) is 14.0. The van der Waals surface area contributed by atoms with Crippen LogP contribution in [0.4, 0.5) is 11.5 Å². The van der Waals surface area contributed by atoms with Crippen molar-refractivity contribution >= 4 is 28.2 Å². The molecule has 1 aromatic heterocycles. The van der Waals surface area contributed by atoms with Gasteiger partial charge in [-0.05, 0) is 25.8 Å². The number of methoxy groups -OCH3 is 1. The summed E-state index contributed by atoms with van der Waals surface area (Å²) in [5.74, 6) is 0.524. The number of nitrogens with one attached hydrogen (secondary N) is 1. The lowest BCUT2D eigenvalue weighted by atomic mass is 10.1. The van der Waals surface area contributed by atoms with Gasteiger partial charge in [-0.3, -0.25) is 4.79 Å². The minimum atomic E-state index is -0.273. The van der Waals surface area contributed by atoms with Gasteiger partial charge >= 0.3 is 5.97 Å². The lowest BCUT2D eigenvalue weighted by molar-refractivity contribution is -0.138. The molecule has 1 aliphatic rings. The predicted molar refractivity (Wildman–Crippen MR) is 88.4 cm³/mol. The number of ether oxygens (including phenoxy) is 1. The molecule has 1 saturated carbocycles. The summed E-state index contributed by atoms with van der Waals surface area (Å²) in [6.45, 7) is 2.24. The van der Waals surface area contributed by atoms with Crippen LogP contribution in [0.3, 0.4) is 0 Å². The Labute approximate surface area is 130 Å². The number of hydrogen-bond donors (Lipinski definition) is 1. The number of benzene rings is 1. The lowest BCUT2D eigenvalue weighted by Crippen LogP contribution is -2.27. The zero-order chi connectivity index (χ0) is 15.7. The molecule has 0 aliphatic heterocycles. The summed E-state index contributed by atoms with van der Waals surface area (Å²) in [5.41, 5.74) is 2.23. The molecule has 1 aromatic carbocycles. The van der Waals surface area contributed by atoms with E-state index in [4.69, 9.17) is 4.74 Å². The van der Waals surface area contributed by atoms with Crippen LogP contribution in [0.15, 0.2) is 24.4 Å². The second-order valence-corrected chi connectivity index (χ2v) is 5.90. The number of hydrogen-bond acceptors (Lipinski definition) is 5. The van der Waals surface area contributed by atoms with Crippen molar-refractivity contribution in [2.45, 2.75) is 25.8 Å². The first-order valence-corrected chi connectivity index (χ1v) is 7.52. The number of likely N-dealkylation sites (N-methyl/N-ethyl adjacent to an activating group) is 1. The van der Waals surface area contributed by atoms with Crippen molar-refractivity contribution in [1.82, 2.24) is 4.98 Å². The number of nitrogens with zero attached hydrogens (tertiary/aromatic N) is 2. The van der Waals surface area contributed by atoms with Gasteiger partial charge in [0.1, 0.15) is 12.4 Å². The number of carbonyl (C=O) groups excluding carboxylic acids is 1. The average Bonchev–Trinajstić information content (AvgIpc) is 3.30. The van der Waals surface area contributed by atoms with Gasteiger partial charge in [0.15, 0.2) is 0 Å². The summed E-state index contributed by atoms with van der Waals surface area (Å²) in [5, 5.41) is 5.71. The first kappa shape index (κ1) is 14.6. The number of fused-ring (bicyclic) bond motifs is 1. The number of aromatic nitrogens is 1. The van der Waals surface area contributed by atoms with Crippen LogP contribution in [0.5, 0.6) is 0 Å². The van der Waals surface area contributed by atoms with Crippen LogP contribution < -0.4 is 10.2 Å². The zero-order valence-corrected chi connectivity index (χ0v) is 13.2. The maximum atomic E-state index is 11.5. The molecule has 1 fully saturated rings. The molecule has 1 N–H and O–H groups in total. The first-order valence-electron chi connectivity index (χ1n) is 7.52. The van der Waals surface area contributed by atoms with Crippen molar-refractivity contribution in [3.8, 4) is 0 Å². The number of anilines is 2. The standard InChI is InChI=1S/C17H21N3O2/c1-11-4-7-13-14(8-11)17(20(2)10-16(21)22-3)18-9-15(13)19-12-5-6-12/h4,7-9,12,19H,5-6,10H2,1-3H3. The Kier molecular flexibility index (Phi) is 3.88. The van der Waals surface area contributed by atoms with Gasteiger partial charge in [-0.15, -0.1) is 0 Å².